The highest BCUT2D eigenvalue weighted by molar-refractivity contribution is 7.12. The van der Waals surface area contributed by atoms with Crippen molar-refractivity contribution in [2.45, 2.75) is 39.7 Å². The van der Waals surface area contributed by atoms with Gasteiger partial charge in [-0.15, -0.1) is 17.9 Å². The van der Waals surface area contributed by atoms with Gasteiger partial charge in [0.05, 0.1) is 0 Å². The molecule has 0 aromatic carbocycles. The first-order chi connectivity index (χ1) is 7.19. The van der Waals surface area contributed by atoms with Gasteiger partial charge in [-0.1, -0.05) is 13.0 Å². The molecular formula is C13H21NS. The maximum atomic E-state index is 3.78. The minimum absolute atomic E-state index is 0.505. The molecule has 0 bridgehead atoms. The normalized spacial score (nSPS) is 12.7. The van der Waals surface area contributed by atoms with Gasteiger partial charge >= 0.3 is 0 Å². The van der Waals surface area contributed by atoms with Gasteiger partial charge in [0.1, 0.15) is 0 Å². The first-order valence-electron chi connectivity index (χ1n) is 5.60. The number of rotatable bonds is 6. The van der Waals surface area contributed by atoms with Crippen molar-refractivity contribution in [3.05, 3.63) is 34.0 Å². The van der Waals surface area contributed by atoms with E-state index in [0.717, 1.165) is 19.4 Å². The first kappa shape index (κ1) is 12.5. The summed E-state index contributed by atoms with van der Waals surface area (Å²) in [5, 5.41) is 3.54. The second-order valence-electron chi connectivity index (χ2n) is 3.86. The molecule has 1 aromatic rings. The topological polar surface area (TPSA) is 12.0 Å². The number of hydrogen-bond acceptors (Lipinski definition) is 2. The Hall–Kier alpha value is -0.600. The Labute approximate surface area is 97.2 Å². The zero-order chi connectivity index (χ0) is 11.3. The standard InChI is InChI=1S/C13H21NS/c1-5-7-8-12(14-6-2)13-9-10(3)11(4)15-13/h5,9,12,14H,1,6-8H2,2-4H3. The third kappa shape index (κ3) is 3.47. The van der Waals surface area contributed by atoms with Gasteiger partial charge in [0.2, 0.25) is 0 Å². The molecule has 0 amide bonds. The van der Waals surface area contributed by atoms with E-state index in [1.807, 2.05) is 17.4 Å². The average Bonchev–Trinajstić information content (AvgIpc) is 2.54. The zero-order valence-corrected chi connectivity index (χ0v) is 10.8. The molecule has 1 aromatic heterocycles. The van der Waals surface area contributed by atoms with Crippen molar-refractivity contribution < 1.29 is 0 Å². The van der Waals surface area contributed by atoms with Crippen molar-refractivity contribution in [2.24, 2.45) is 0 Å². The van der Waals surface area contributed by atoms with Crippen LogP contribution in [0.4, 0.5) is 0 Å². The average molecular weight is 223 g/mol. The van der Waals surface area contributed by atoms with Crippen LogP contribution in [0.3, 0.4) is 0 Å². The summed E-state index contributed by atoms with van der Waals surface area (Å²) in [5.74, 6) is 0. The predicted octanol–water partition coefficient (Wildman–Crippen LogP) is 3.98. The van der Waals surface area contributed by atoms with Gasteiger partial charge < -0.3 is 5.32 Å². The van der Waals surface area contributed by atoms with Crippen LogP contribution >= 0.6 is 11.3 Å². The predicted molar refractivity (Wildman–Crippen MR) is 69.6 cm³/mol. The third-order valence-electron chi connectivity index (χ3n) is 2.64. The third-order valence-corrected chi connectivity index (χ3v) is 3.90. The minimum Gasteiger partial charge on any atom is -0.310 e. The van der Waals surface area contributed by atoms with E-state index in [0.29, 0.717) is 6.04 Å². The van der Waals surface area contributed by atoms with Gasteiger partial charge in [-0.05, 0) is 44.9 Å². The maximum absolute atomic E-state index is 3.78. The summed E-state index contributed by atoms with van der Waals surface area (Å²) in [6.07, 6.45) is 4.22. The van der Waals surface area contributed by atoms with Crippen LogP contribution in [0.25, 0.3) is 0 Å². The van der Waals surface area contributed by atoms with Crippen LogP contribution in [0, 0.1) is 13.8 Å². The van der Waals surface area contributed by atoms with E-state index in [1.165, 1.54) is 15.3 Å². The van der Waals surface area contributed by atoms with Crippen LogP contribution in [0.15, 0.2) is 18.7 Å². The first-order valence-corrected chi connectivity index (χ1v) is 6.41. The van der Waals surface area contributed by atoms with Crippen LogP contribution in [0.5, 0.6) is 0 Å². The summed E-state index contributed by atoms with van der Waals surface area (Å²) in [5.41, 5.74) is 1.41. The molecular weight excluding hydrogens is 202 g/mol. The monoisotopic (exact) mass is 223 g/mol. The summed E-state index contributed by atoms with van der Waals surface area (Å²) >= 11 is 1.92. The summed E-state index contributed by atoms with van der Waals surface area (Å²) in [7, 11) is 0. The van der Waals surface area contributed by atoms with Gasteiger partial charge in [0.15, 0.2) is 0 Å². The summed E-state index contributed by atoms with van der Waals surface area (Å²) in [4.78, 5) is 2.90. The lowest BCUT2D eigenvalue weighted by Crippen LogP contribution is -2.19. The molecule has 2 heteroatoms. The summed E-state index contributed by atoms with van der Waals surface area (Å²) < 4.78 is 0. The molecule has 1 unspecified atom stereocenters. The summed E-state index contributed by atoms with van der Waals surface area (Å²) in [6.45, 7) is 11.4. The molecule has 1 heterocycles. The molecule has 0 fully saturated rings. The smallest absolute Gasteiger partial charge is 0.0417 e. The second kappa shape index (κ2) is 6.09. The van der Waals surface area contributed by atoms with E-state index in [-0.39, 0.29) is 0 Å². The lowest BCUT2D eigenvalue weighted by Gasteiger charge is -2.15. The Bertz CT molecular complexity index is 295. The van der Waals surface area contributed by atoms with E-state index in [4.69, 9.17) is 0 Å². The van der Waals surface area contributed by atoms with E-state index < -0.39 is 0 Å². The van der Waals surface area contributed by atoms with Crippen molar-refractivity contribution >= 4 is 11.3 Å². The highest BCUT2D eigenvalue weighted by Crippen LogP contribution is 2.29. The number of aryl methyl sites for hydroxylation is 2. The molecule has 0 saturated heterocycles. The summed E-state index contributed by atoms with van der Waals surface area (Å²) in [6, 6.07) is 2.82. The number of thiophene rings is 1. The van der Waals surface area contributed by atoms with Crippen molar-refractivity contribution in [3.8, 4) is 0 Å². The number of allylic oxidation sites excluding steroid dienone is 1. The molecule has 0 aliphatic heterocycles. The molecule has 0 saturated carbocycles. The molecule has 15 heavy (non-hydrogen) atoms. The molecule has 84 valence electrons. The molecule has 0 aliphatic carbocycles. The van der Waals surface area contributed by atoms with Crippen LogP contribution in [-0.4, -0.2) is 6.54 Å². The molecule has 1 rings (SSSR count). The number of hydrogen-bond donors (Lipinski definition) is 1. The quantitative estimate of drug-likeness (QED) is 0.719. The molecule has 1 nitrogen and oxygen atoms in total. The Balaban J connectivity index is 2.73. The Morgan fingerprint density at radius 3 is 2.73 bits per heavy atom. The Kier molecular flexibility index (Phi) is 5.06. The molecule has 1 N–H and O–H groups in total. The van der Waals surface area contributed by atoms with E-state index in [9.17, 15) is 0 Å². The zero-order valence-electron chi connectivity index (χ0n) is 9.97. The Morgan fingerprint density at radius 1 is 1.53 bits per heavy atom. The van der Waals surface area contributed by atoms with Crippen LogP contribution in [0.1, 0.15) is 41.1 Å². The fourth-order valence-electron chi connectivity index (χ4n) is 1.65. The lowest BCUT2D eigenvalue weighted by atomic mass is 10.1. The van der Waals surface area contributed by atoms with Crippen LogP contribution < -0.4 is 5.32 Å². The maximum Gasteiger partial charge on any atom is 0.0417 e. The van der Waals surface area contributed by atoms with Gasteiger partial charge in [0.25, 0.3) is 0 Å². The molecule has 0 spiro atoms. The van der Waals surface area contributed by atoms with E-state index in [1.54, 1.807) is 0 Å². The van der Waals surface area contributed by atoms with Crippen molar-refractivity contribution in [3.63, 3.8) is 0 Å². The fraction of sp³-hybridized carbons (Fsp3) is 0.538. The van der Waals surface area contributed by atoms with Gasteiger partial charge in [-0.2, -0.15) is 0 Å². The van der Waals surface area contributed by atoms with Crippen LogP contribution in [0.2, 0.25) is 0 Å². The SMILES string of the molecule is C=CCCC(NCC)c1cc(C)c(C)s1. The molecule has 0 radical (unpaired) electrons. The second-order valence-corrected chi connectivity index (χ2v) is 5.15. The van der Waals surface area contributed by atoms with Gasteiger partial charge in [-0.25, -0.2) is 0 Å². The molecule has 0 aliphatic rings. The van der Waals surface area contributed by atoms with Crippen LogP contribution in [-0.2, 0) is 0 Å². The minimum atomic E-state index is 0.505. The fourth-order valence-corrected chi connectivity index (χ4v) is 2.80. The van der Waals surface area contributed by atoms with Gasteiger partial charge in [-0.3, -0.25) is 0 Å². The molecule has 1 atom stereocenters. The van der Waals surface area contributed by atoms with E-state index >= 15 is 0 Å². The van der Waals surface area contributed by atoms with Crippen molar-refractivity contribution in [1.82, 2.24) is 5.32 Å². The van der Waals surface area contributed by atoms with Crippen molar-refractivity contribution in [2.75, 3.05) is 6.54 Å². The highest BCUT2D eigenvalue weighted by atomic mass is 32.1. The number of nitrogens with one attached hydrogen (secondary N) is 1. The lowest BCUT2D eigenvalue weighted by molar-refractivity contribution is 0.527. The van der Waals surface area contributed by atoms with Gasteiger partial charge in [0, 0.05) is 15.8 Å². The van der Waals surface area contributed by atoms with Crippen molar-refractivity contribution in [1.29, 1.82) is 0 Å². The van der Waals surface area contributed by atoms with E-state index in [2.05, 4.69) is 38.7 Å². The Morgan fingerprint density at radius 2 is 2.27 bits per heavy atom. The highest BCUT2D eigenvalue weighted by Gasteiger charge is 2.12. The largest absolute Gasteiger partial charge is 0.310 e.